The van der Waals surface area contributed by atoms with Crippen LogP contribution in [0, 0.1) is 17.7 Å². The fourth-order valence-electron chi connectivity index (χ4n) is 5.62. The van der Waals surface area contributed by atoms with Crippen LogP contribution >= 0.6 is 15.9 Å². The van der Waals surface area contributed by atoms with Gasteiger partial charge < -0.3 is 14.5 Å². The van der Waals surface area contributed by atoms with Gasteiger partial charge in [-0.25, -0.2) is 4.39 Å². The van der Waals surface area contributed by atoms with E-state index in [0.29, 0.717) is 12.0 Å². The zero-order chi connectivity index (χ0) is 22.9. The fraction of sp³-hybridized carbons (Fsp3) is 0.731. The van der Waals surface area contributed by atoms with Crippen LogP contribution in [-0.4, -0.2) is 61.6 Å². The minimum atomic E-state index is -0.140. The van der Waals surface area contributed by atoms with Crippen LogP contribution in [0.25, 0.3) is 0 Å². The number of amides is 1. The summed E-state index contributed by atoms with van der Waals surface area (Å²) in [5.74, 6) is 1.46. The first-order valence-electron chi connectivity index (χ1n) is 12.4. The summed E-state index contributed by atoms with van der Waals surface area (Å²) in [7, 11) is 1.59. The quantitative estimate of drug-likeness (QED) is 0.406. The number of hydrogen-bond acceptors (Lipinski definition) is 3. The lowest BCUT2D eigenvalue weighted by atomic mass is 9.82. The van der Waals surface area contributed by atoms with Crippen LogP contribution in [0.1, 0.15) is 63.9 Å². The Hall–Kier alpha value is -0.980. The molecule has 1 saturated heterocycles. The van der Waals surface area contributed by atoms with Crippen molar-refractivity contribution < 1.29 is 13.9 Å². The molecule has 1 aliphatic heterocycles. The highest BCUT2D eigenvalue weighted by atomic mass is 79.9. The van der Waals surface area contributed by atoms with Crippen molar-refractivity contribution in [2.45, 2.75) is 70.8 Å². The van der Waals surface area contributed by atoms with Crippen molar-refractivity contribution in [3.63, 3.8) is 0 Å². The van der Waals surface area contributed by atoms with Gasteiger partial charge in [-0.05, 0) is 120 Å². The summed E-state index contributed by atoms with van der Waals surface area (Å²) in [6, 6.07) is 5.42. The number of benzene rings is 1. The second-order valence-electron chi connectivity index (χ2n) is 9.65. The number of methoxy groups -OCH3 is 1. The molecule has 1 saturated carbocycles. The van der Waals surface area contributed by atoms with Crippen LogP contribution in [0.15, 0.2) is 22.7 Å². The molecular formula is C26H40BrFN2O2. The zero-order valence-electron chi connectivity index (χ0n) is 19.8. The van der Waals surface area contributed by atoms with Crippen molar-refractivity contribution >= 4 is 21.8 Å². The van der Waals surface area contributed by atoms with Gasteiger partial charge in [-0.2, -0.15) is 0 Å². The Morgan fingerprint density at radius 2 is 1.88 bits per heavy atom. The van der Waals surface area contributed by atoms with E-state index in [1.807, 2.05) is 11.0 Å². The average molecular weight is 512 g/mol. The highest BCUT2D eigenvalue weighted by molar-refractivity contribution is 9.10. The summed E-state index contributed by atoms with van der Waals surface area (Å²) < 4.78 is 19.6. The standard InChI is InChI=1S/C26H40BrFN2O2/c1-3-30(26(31)19-32-2)24-9-6-20(7-10-24)5-4-14-29-15-12-21(13-16-29)17-22-18-23(28)8-11-25(22)27/h8,11,18,20-21,24H,3-7,9-10,12-17,19H2,1-2H3. The normalized spacial score (nSPS) is 22.8. The number of halogens is 2. The Labute approximate surface area is 202 Å². The van der Waals surface area contributed by atoms with Crippen molar-refractivity contribution in [2.75, 3.05) is 39.9 Å². The lowest BCUT2D eigenvalue weighted by Crippen LogP contribution is -2.43. The molecule has 0 atom stereocenters. The van der Waals surface area contributed by atoms with Gasteiger partial charge in [0.2, 0.25) is 5.91 Å². The average Bonchev–Trinajstić information content (AvgIpc) is 2.79. The largest absolute Gasteiger partial charge is 0.375 e. The molecule has 3 rings (SSSR count). The molecule has 1 aliphatic carbocycles. The van der Waals surface area contributed by atoms with Crippen molar-refractivity contribution in [3.05, 3.63) is 34.1 Å². The van der Waals surface area contributed by atoms with Crippen molar-refractivity contribution in [3.8, 4) is 0 Å². The minimum absolute atomic E-state index is 0.131. The summed E-state index contributed by atoms with van der Waals surface area (Å²) in [6.07, 6.45) is 10.7. The number of carbonyl (C=O) groups is 1. The van der Waals surface area contributed by atoms with Crippen LogP contribution in [-0.2, 0) is 16.0 Å². The zero-order valence-corrected chi connectivity index (χ0v) is 21.4. The SMILES string of the molecule is CCN(C(=O)COC)C1CCC(CCCN2CCC(Cc3cc(F)ccc3Br)CC2)CC1. The number of likely N-dealkylation sites (N-methyl/N-ethyl adjacent to an activating group) is 1. The molecule has 0 spiro atoms. The van der Waals surface area contributed by atoms with Gasteiger partial charge in [0.1, 0.15) is 12.4 Å². The molecule has 2 fully saturated rings. The molecule has 1 heterocycles. The Kier molecular flexibility index (Phi) is 10.5. The van der Waals surface area contributed by atoms with Crippen LogP contribution in [0.3, 0.4) is 0 Å². The highest BCUT2D eigenvalue weighted by Crippen LogP contribution is 2.31. The highest BCUT2D eigenvalue weighted by Gasteiger charge is 2.28. The Bertz CT molecular complexity index is 716. The summed E-state index contributed by atoms with van der Waals surface area (Å²) in [5.41, 5.74) is 1.10. The maximum atomic E-state index is 13.6. The van der Waals surface area contributed by atoms with E-state index in [4.69, 9.17) is 4.74 Å². The Morgan fingerprint density at radius 3 is 2.53 bits per heavy atom. The molecule has 4 nitrogen and oxygen atoms in total. The molecule has 180 valence electrons. The van der Waals surface area contributed by atoms with Crippen molar-refractivity contribution in [2.24, 2.45) is 11.8 Å². The van der Waals surface area contributed by atoms with E-state index in [1.54, 1.807) is 13.2 Å². The predicted octanol–water partition coefficient (Wildman–Crippen LogP) is 5.68. The minimum Gasteiger partial charge on any atom is -0.375 e. The smallest absolute Gasteiger partial charge is 0.248 e. The van der Waals surface area contributed by atoms with Crippen LogP contribution < -0.4 is 0 Å². The lowest BCUT2D eigenvalue weighted by molar-refractivity contribution is -0.138. The van der Waals surface area contributed by atoms with E-state index in [9.17, 15) is 9.18 Å². The Balaban J connectivity index is 1.31. The van der Waals surface area contributed by atoms with Gasteiger partial charge in [0.15, 0.2) is 0 Å². The molecule has 1 aromatic carbocycles. The van der Waals surface area contributed by atoms with E-state index < -0.39 is 0 Å². The van der Waals surface area contributed by atoms with Gasteiger partial charge in [0, 0.05) is 24.2 Å². The maximum absolute atomic E-state index is 13.6. The molecule has 1 amide bonds. The van der Waals surface area contributed by atoms with E-state index in [1.165, 1.54) is 51.1 Å². The molecule has 2 aliphatic rings. The third-order valence-electron chi connectivity index (χ3n) is 7.50. The number of likely N-dealkylation sites (tertiary alicyclic amines) is 1. The molecule has 32 heavy (non-hydrogen) atoms. The van der Waals surface area contributed by atoms with Crippen molar-refractivity contribution in [1.82, 2.24) is 9.80 Å². The van der Waals surface area contributed by atoms with Gasteiger partial charge in [0.05, 0.1) is 0 Å². The topological polar surface area (TPSA) is 32.8 Å². The molecule has 6 heteroatoms. The molecule has 0 bridgehead atoms. The molecule has 0 unspecified atom stereocenters. The summed E-state index contributed by atoms with van der Waals surface area (Å²) in [4.78, 5) is 16.9. The number of carbonyl (C=O) groups excluding carboxylic acids is 1. The van der Waals surface area contributed by atoms with Crippen molar-refractivity contribution in [1.29, 1.82) is 0 Å². The van der Waals surface area contributed by atoms with Gasteiger partial charge in [-0.3, -0.25) is 4.79 Å². The first-order chi connectivity index (χ1) is 15.5. The van der Waals surface area contributed by atoms with Crippen LogP contribution in [0.4, 0.5) is 4.39 Å². The molecular weight excluding hydrogens is 471 g/mol. The number of hydrogen-bond donors (Lipinski definition) is 0. The lowest BCUT2D eigenvalue weighted by Gasteiger charge is -2.37. The third kappa shape index (κ3) is 7.53. The molecule has 0 N–H and O–H groups in total. The number of nitrogens with zero attached hydrogens (tertiary/aromatic N) is 2. The maximum Gasteiger partial charge on any atom is 0.248 e. The second kappa shape index (κ2) is 13.0. The first kappa shape index (κ1) is 25.6. The summed E-state index contributed by atoms with van der Waals surface area (Å²) in [5, 5.41) is 0. The molecule has 0 radical (unpaired) electrons. The third-order valence-corrected chi connectivity index (χ3v) is 8.27. The monoisotopic (exact) mass is 510 g/mol. The van der Waals surface area contributed by atoms with E-state index >= 15 is 0 Å². The number of rotatable bonds is 10. The van der Waals surface area contributed by atoms with Gasteiger partial charge in [-0.1, -0.05) is 15.9 Å². The number of piperidine rings is 1. The molecule has 1 aromatic rings. The fourth-order valence-corrected chi connectivity index (χ4v) is 6.03. The summed E-state index contributed by atoms with van der Waals surface area (Å²) in [6.45, 7) is 6.58. The Morgan fingerprint density at radius 1 is 1.16 bits per heavy atom. The van der Waals surface area contributed by atoms with Crippen LogP contribution in [0.5, 0.6) is 0 Å². The van der Waals surface area contributed by atoms with Gasteiger partial charge in [0.25, 0.3) is 0 Å². The van der Waals surface area contributed by atoms with Crippen LogP contribution in [0.2, 0.25) is 0 Å². The molecule has 0 aromatic heterocycles. The van der Waals surface area contributed by atoms with E-state index in [-0.39, 0.29) is 18.3 Å². The summed E-state index contributed by atoms with van der Waals surface area (Å²) >= 11 is 3.57. The number of ether oxygens (including phenoxy) is 1. The van der Waals surface area contributed by atoms with Gasteiger partial charge in [-0.15, -0.1) is 0 Å². The first-order valence-corrected chi connectivity index (χ1v) is 13.2. The van der Waals surface area contributed by atoms with E-state index in [0.717, 1.165) is 54.9 Å². The van der Waals surface area contributed by atoms with E-state index in [2.05, 4.69) is 27.8 Å². The predicted molar refractivity (Wildman–Crippen MR) is 131 cm³/mol. The van der Waals surface area contributed by atoms with Gasteiger partial charge >= 0.3 is 0 Å². The second-order valence-corrected chi connectivity index (χ2v) is 10.5.